The summed E-state index contributed by atoms with van der Waals surface area (Å²) in [5.41, 5.74) is -1.56. The molecule has 23 atom stereocenters. The second-order valence-corrected chi connectivity index (χ2v) is 20.5. The van der Waals surface area contributed by atoms with E-state index in [-0.39, 0.29) is 41.9 Å². The van der Waals surface area contributed by atoms with Crippen molar-refractivity contribution in [3.8, 4) is 0 Å². The maximum absolute atomic E-state index is 14.7. The summed E-state index contributed by atoms with van der Waals surface area (Å²) in [4.78, 5) is 14.7. The Balaban J connectivity index is 0.984. The Hall–Kier alpha value is -1.51. The zero-order valence-corrected chi connectivity index (χ0v) is 36.6. The van der Waals surface area contributed by atoms with Gasteiger partial charge in [0.1, 0.15) is 61.0 Å². The fraction of sp³-hybridized carbons (Fsp3) is 0.932. The predicted molar refractivity (Wildman–Crippen MR) is 215 cm³/mol. The molecule has 8 fully saturated rings. The number of esters is 1. The largest absolute Gasteiger partial charge is 0.432 e. The second-order valence-electron chi connectivity index (χ2n) is 20.5. The first-order chi connectivity index (χ1) is 30.3. The van der Waals surface area contributed by atoms with Crippen LogP contribution in [0.25, 0.3) is 0 Å². The van der Waals surface area contributed by atoms with Crippen molar-refractivity contribution in [2.75, 3.05) is 26.4 Å². The van der Waals surface area contributed by atoms with Gasteiger partial charge in [0.25, 0.3) is 0 Å². The van der Waals surface area contributed by atoms with E-state index in [0.717, 1.165) is 31.3 Å². The Morgan fingerprint density at radius 3 is 1.81 bits per heavy atom. The van der Waals surface area contributed by atoms with Gasteiger partial charge in [0, 0.05) is 19.3 Å². The van der Waals surface area contributed by atoms with Crippen molar-refractivity contribution in [2.24, 2.45) is 28.1 Å². The van der Waals surface area contributed by atoms with Gasteiger partial charge in [-0.2, -0.15) is 0 Å². The van der Waals surface area contributed by atoms with Crippen molar-refractivity contribution >= 4 is 5.97 Å². The lowest BCUT2D eigenvalue weighted by molar-refractivity contribution is -0.361. The Kier molecular flexibility index (Phi) is 14.3. The summed E-state index contributed by atoms with van der Waals surface area (Å²) in [5, 5.41) is 114. The number of ether oxygens (including phenoxy) is 8. The molecule has 8 aliphatic rings. The lowest BCUT2D eigenvalue weighted by Gasteiger charge is -2.64. The number of hydrogen-bond donors (Lipinski definition) is 11. The minimum Gasteiger partial charge on any atom is -0.432 e. The zero-order valence-electron chi connectivity index (χ0n) is 36.6. The highest BCUT2D eigenvalue weighted by molar-refractivity contribution is 5.77. The molecule has 2 bridgehead atoms. The third kappa shape index (κ3) is 8.52. The summed E-state index contributed by atoms with van der Waals surface area (Å²) in [5.74, 6) is -0.468. The molecule has 18 unspecified atom stereocenters. The quantitative estimate of drug-likeness (QED) is 0.0572. The molecule has 366 valence electrons. The van der Waals surface area contributed by atoms with E-state index in [2.05, 4.69) is 13.5 Å². The molecule has 4 saturated heterocycles. The van der Waals surface area contributed by atoms with Gasteiger partial charge in [0.05, 0.1) is 55.8 Å². The molecule has 0 aromatic heterocycles. The molecule has 4 saturated carbocycles. The van der Waals surface area contributed by atoms with Crippen LogP contribution in [0, 0.1) is 28.1 Å². The Morgan fingerprint density at radius 1 is 0.625 bits per heavy atom. The number of rotatable bonds is 12. The van der Waals surface area contributed by atoms with E-state index in [0.29, 0.717) is 32.1 Å². The van der Waals surface area contributed by atoms with Crippen molar-refractivity contribution < 1.29 is 98.9 Å². The molecular weight excluding hydrogens is 848 g/mol. The average Bonchev–Trinajstić information content (AvgIpc) is 3.45. The Bertz CT molecular complexity index is 1660. The maximum atomic E-state index is 14.7. The first-order valence-electron chi connectivity index (χ1n) is 23.1. The molecule has 0 aromatic rings. The third-order valence-corrected chi connectivity index (χ3v) is 16.7. The highest BCUT2D eigenvalue weighted by atomic mass is 16.8. The fourth-order valence-electron chi connectivity index (χ4n) is 13.4. The van der Waals surface area contributed by atoms with Gasteiger partial charge in [-0.25, -0.2) is 0 Å². The zero-order chi connectivity index (χ0) is 46.1. The van der Waals surface area contributed by atoms with Gasteiger partial charge in [-0.3, -0.25) is 4.79 Å². The average molecular weight is 919 g/mol. The monoisotopic (exact) mass is 918 g/mol. The van der Waals surface area contributed by atoms with Gasteiger partial charge in [-0.05, 0) is 86.5 Å². The molecule has 4 heterocycles. The lowest BCUT2D eigenvalue weighted by Crippen LogP contribution is -2.62. The molecule has 0 aromatic carbocycles. The summed E-state index contributed by atoms with van der Waals surface area (Å²) in [6.45, 7) is 6.49. The van der Waals surface area contributed by atoms with Crippen molar-refractivity contribution in [1.82, 2.24) is 0 Å². The lowest BCUT2D eigenvalue weighted by atomic mass is 9.41. The molecule has 4 aliphatic heterocycles. The summed E-state index contributed by atoms with van der Waals surface area (Å²) >= 11 is 0. The molecule has 1 spiro atoms. The third-order valence-electron chi connectivity index (χ3n) is 16.7. The van der Waals surface area contributed by atoms with Crippen LogP contribution < -0.4 is 0 Å². The van der Waals surface area contributed by atoms with Crippen LogP contribution in [0.3, 0.4) is 0 Å². The minimum atomic E-state index is -1.70. The Morgan fingerprint density at radius 2 is 1.17 bits per heavy atom. The summed E-state index contributed by atoms with van der Waals surface area (Å²) in [6, 6.07) is 0. The maximum Gasteiger partial charge on any atom is 0.314 e. The molecule has 4 aliphatic carbocycles. The van der Waals surface area contributed by atoms with Gasteiger partial charge in [-0.1, -0.05) is 19.9 Å². The van der Waals surface area contributed by atoms with Crippen molar-refractivity contribution in [1.29, 1.82) is 0 Å². The minimum absolute atomic E-state index is 0.0830. The van der Waals surface area contributed by atoms with Crippen LogP contribution in [0.1, 0.15) is 90.9 Å². The smallest absolute Gasteiger partial charge is 0.314 e. The topological polar surface area (TPSA) is 313 Å². The van der Waals surface area contributed by atoms with Crippen molar-refractivity contribution in [3.05, 3.63) is 12.2 Å². The molecule has 11 N–H and O–H groups in total. The first kappa shape index (κ1) is 48.9. The highest BCUT2D eigenvalue weighted by Crippen LogP contribution is 2.73. The van der Waals surface area contributed by atoms with E-state index in [1.54, 1.807) is 0 Å². The van der Waals surface area contributed by atoms with Crippen LogP contribution in [0.2, 0.25) is 0 Å². The summed E-state index contributed by atoms with van der Waals surface area (Å²) < 4.78 is 48.7. The number of carbonyl (C=O) groups is 1. The molecule has 64 heavy (non-hydrogen) atoms. The number of carbonyl (C=O) groups excluding carboxylic acids is 1. The normalized spacial score (nSPS) is 53.0. The number of aliphatic hydroxyl groups excluding tert-OH is 11. The van der Waals surface area contributed by atoms with Crippen LogP contribution in [-0.2, 0) is 42.7 Å². The highest BCUT2D eigenvalue weighted by Gasteiger charge is 2.69. The standard InChI is InChI=1S/C44H70O20/c1-20-14-43-9-5-31-41(2,7-4-8-42(31,3)40(56)63-37-25(12-22(50)28(16-46)60-37)57-36-24(52)11-21(49)27(15-45)59-36)32(43)6-10-44(20,19-43)64-38-26(13-23(51)29(17-47)61-38)58-39-35(55)34(54)33(53)30(18-48)62-39/h21-39,45-55H,1,4-19H2,2-3H3/t21?,22?,23?,24?,25?,26?,27?,28?,29?,30?,31?,32-,33?,34?,35?,36?,37?,38?,39?,41+,42+,43+,44-/m0/s1. The molecule has 0 amide bonds. The van der Waals surface area contributed by atoms with Crippen molar-refractivity contribution in [3.63, 3.8) is 0 Å². The number of hydrogen-bond acceptors (Lipinski definition) is 20. The molecule has 20 nitrogen and oxygen atoms in total. The van der Waals surface area contributed by atoms with Gasteiger partial charge >= 0.3 is 5.97 Å². The van der Waals surface area contributed by atoms with Crippen LogP contribution in [-0.4, -0.2) is 199 Å². The molecular formula is C44H70O20. The van der Waals surface area contributed by atoms with Crippen LogP contribution in [0.4, 0.5) is 0 Å². The molecule has 20 heteroatoms. The van der Waals surface area contributed by atoms with Crippen LogP contribution >= 0.6 is 0 Å². The van der Waals surface area contributed by atoms with E-state index >= 15 is 0 Å². The van der Waals surface area contributed by atoms with Gasteiger partial charge in [-0.15, -0.1) is 0 Å². The van der Waals surface area contributed by atoms with Gasteiger partial charge in [0.15, 0.2) is 18.9 Å². The fourth-order valence-corrected chi connectivity index (χ4v) is 13.4. The van der Waals surface area contributed by atoms with E-state index in [9.17, 15) is 61.0 Å². The Labute approximate surface area is 372 Å². The molecule has 0 radical (unpaired) electrons. The van der Waals surface area contributed by atoms with E-state index in [4.69, 9.17) is 37.9 Å². The van der Waals surface area contributed by atoms with Gasteiger partial charge in [0.2, 0.25) is 6.29 Å². The van der Waals surface area contributed by atoms with E-state index in [1.807, 2.05) is 6.92 Å². The number of aliphatic hydroxyl groups is 11. The second kappa shape index (κ2) is 18.8. The first-order valence-corrected chi connectivity index (χ1v) is 23.1. The summed E-state index contributed by atoms with van der Waals surface area (Å²) in [7, 11) is 0. The van der Waals surface area contributed by atoms with Crippen molar-refractivity contribution in [2.45, 2.75) is 201 Å². The van der Waals surface area contributed by atoms with E-state index in [1.165, 1.54) is 0 Å². The SMILES string of the molecule is C=C1C[C@@]23CCC4[C@](C)(C(=O)OC5OC(CO)C(O)CC5OC5OC(CO)C(O)CC5O)CCC[C@@]4(C)[C@@H]2CC[C@]1(OC1OC(CO)C(O)CC1OC1OC(CO)C(O)C(O)C1O)C3. The molecule has 8 rings (SSSR count). The van der Waals surface area contributed by atoms with Crippen LogP contribution in [0.15, 0.2) is 12.2 Å². The predicted octanol–water partition coefficient (Wildman–Crippen LogP) is -2.03. The van der Waals surface area contributed by atoms with E-state index < -0.39 is 148 Å². The van der Waals surface area contributed by atoms with Gasteiger partial charge < -0.3 is 94.1 Å². The summed E-state index contributed by atoms with van der Waals surface area (Å²) in [6.07, 6.45) is -15.9. The van der Waals surface area contributed by atoms with Crippen LogP contribution in [0.5, 0.6) is 0 Å². The number of fused-ring (bicyclic) bond motifs is 3.